The van der Waals surface area contributed by atoms with Crippen molar-refractivity contribution >= 4 is 40.9 Å². The van der Waals surface area contributed by atoms with Crippen molar-refractivity contribution in [2.24, 2.45) is 10.7 Å². The van der Waals surface area contributed by atoms with Crippen LogP contribution in [0.25, 0.3) is 0 Å². The molecule has 0 fully saturated rings. The van der Waals surface area contributed by atoms with E-state index in [0.29, 0.717) is 34.3 Å². The molecule has 0 saturated heterocycles. The van der Waals surface area contributed by atoms with E-state index in [-0.39, 0.29) is 0 Å². The van der Waals surface area contributed by atoms with Crippen molar-refractivity contribution in [3.05, 3.63) is 77.7 Å². The number of amides is 1. The first-order valence-corrected chi connectivity index (χ1v) is 8.97. The van der Waals surface area contributed by atoms with E-state index in [1.54, 1.807) is 19.1 Å². The molecule has 28 heavy (non-hydrogen) atoms. The zero-order valence-corrected chi connectivity index (χ0v) is 16.9. The summed E-state index contributed by atoms with van der Waals surface area (Å²) in [5.74, 6) is 0.361. The highest BCUT2D eigenvalue weighted by Gasteiger charge is 2.23. The smallest absolute Gasteiger partial charge is 0.219 e. The molecular weight excluding hydrogens is 374 g/mol. The number of amidine groups is 1. The number of nitrogens with two attached hydrogens (primary N) is 1. The number of anilines is 3. The zero-order chi connectivity index (χ0) is 20.7. The van der Waals surface area contributed by atoms with Gasteiger partial charge in [0, 0.05) is 42.4 Å². The zero-order valence-electron chi connectivity index (χ0n) is 16.2. The Bertz CT molecular complexity index is 884. The Morgan fingerprint density at radius 2 is 1.71 bits per heavy atom. The first kappa shape index (κ1) is 21.1. The number of rotatable bonds is 7. The molecule has 7 heteroatoms. The summed E-state index contributed by atoms with van der Waals surface area (Å²) in [6, 6.07) is 14.7. The Hall–Kier alpha value is -3.25. The summed E-state index contributed by atoms with van der Waals surface area (Å²) in [5.41, 5.74) is 9.70. The van der Waals surface area contributed by atoms with Crippen LogP contribution >= 0.6 is 11.6 Å². The van der Waals surface area contributed by atoms with Crippen LogP contribution in [0.1, 0.15) is 6.92 Å². The van der Waals surface area contributed by atoms with Gasteiger partial charge in [-0.15, -0.1) is 0 Å². The van der Waals surface area contributed by atoms with Gasteiger partial charge in [0.2, 0.25) is 6.41 Å². The normalized spacial score (nSPS) is 12.1. The summed E-state index contributed by atoms with van der Waals surface area (Å²) in [4.78, 5) is 19.6. The number of benzene rings is 2. The maximum Gasteiger partial charge on any atom is 0.219 e. The van der Waals surface area contributed by atoms with E-state index < -0.39 is 0 Å². The van der Waals surface area contributed by atoms with Gasteiger partial charge in [0.05, 0.1) is 5.69 Å². The molecule has 0 aliphatic rings. The lowest BCUT2D eigenvalue weighted by Gasteiger charge is -2.29. The second-order valence-electron chi connectivity index (χ2n) is 5.97. The van der Waals surface area contributed by atoms with Crippen LogP contribution in [0.4, 0.5) is 17.1 Å². The van der Waals surface area contributed by atoms with Crippen LogP contribution < -0.4 is 20.9 Å². The number of carbonyl (C=O) groups is 1. The molecule has 0 atom stereocenters. The number of allylic oxidation sites excluding steroid dienone is 1. The molecule has 146 valence electrons. The van der Waals surface area contributed by atoms with Crippen molar-refractivity contribution < 1.29 is 4.79 Å². The highest BCUT2D eigenvalue weighted by Crippen LogP contribution is 2.25. The number of aliphatic imine (C=N–C) groups is 1. The van der Waals surface area contributed by atoms with Gasteiger partial charge in [0.25, 0.3) is 0 Å². The van der Waals surface area contributed by atoms with Gasteiger partial charge in [-0.25, -0.2) is 4.99 Å². The van der Waals surface area contributed by atoms with Crippen molar-refractivity contribution in [1.29, 1.82) is 0 Å². The number of hydrogen-bond acceptors (Lipinski definition) is 5. The Morgan fingerprint density at radius 3 is 2.18 bits per heavy atom. The molecule has 0 aromatic heterocycles. The molecule has 2 aromatic rings. The molecule has 3 N–H and O–H groups in total. The van der Waals surface area contributed by atoms with Gasteiger partial charge in [-0.05, 0) is 55.5 Å². The third-order valence-corrected chi connectivity index (χ3v) is 4.37. The minimum Gasteiger partial charge on any atom is -0.400 e. The number of hydrogen-bond donors (Lipinski definition) is 2. The Labute approximate surface area is 170 Å². The summed E-state index contributed by atoms with van der Waals surface area (Å²) < 4.78 is 0. The summed E-state index contributed by atoms with van der Waals surface area (Å²) in [6.07, 6.45) is 2.09. The Balaban J connectivity index is 2.54. The molecule has 0 aliphatic heterocycles. The monoisotopic (exact) mass is 397 g/mol. The van der Waals surface area contributed by atoms with E-state index in [1.165, 1.54) is 11.1 Å². The van der Waals surface area contributed by atoms with Crippen LogP contribution in [0, 0.1) is 0 Å². The van der Waals surface area contributed by atoms with Crippen LogP contribution in [-0.2, 0) is 4.79 Å². The van der Waals surface area contributed by atoms with E-state index in [9.17, 15) is 4.79 Å². The van der Waals surface area contributed by atoms with Crippen molar-refractivity contribution in [1.82, 2.24) is 0 Å². The third-order valence-electron chi connectivity index (χ3n) is 4.12. The second kappa shape index (κ2) is 9.62. The molecule has 0 saturated carbocycles. The van der Waals surface area contributed by atoms with Crippen LogP contribution in [0.5, 0.6) is 0 Å². The topological polar surface area (TPSA) is 74.0 Å². The first-order valence-electron chi connectivity index (χ1n) is 8.60. The molecule has 2 rings (SSSR count). The maximum atomic E-state index is 12.0. The number of likely N-dealkylation sites (N-methyl/N-ethyl adjacent to an activating group) is 1. The first-order chi connectivity index (χ1) is 13.4. The van der Waals surface area contributed by atoms with Crippen LogP contribution in [0.2, 0.25) is 5.02 Å². The summed E-state index contributed by atoms with van der Waals surface area (Å²) in [7, 11) is 3.68. The quantitative estimate of drug-likeness (QED) is 0.417. The van der Waals surface area contributed by atoms with Crippen molar-refractivity contribution in [2.45, 2.75) is 6.92 Å². The van der Waals surface area contributed by atoms with Gasteiger partial charge in [-0.3, -0.25) is 9.69 Å². The highest BCUT2D eigenvalue weighted by molar-refractivity contribution is 6.30. The second-order valence-corrected chi connectivity index (χ2v) is 6.41. The van der Waals surface area contributed by atoms with Crippen molar-refractivity contribution in [2.75, 3.05) is 29.2 Å². The fraction of sp³-hybridized carbons (Fsp3) is 0.143. The van der Waals surface area contributed by atoms with Crippen LogP contribution in [0.3, 0.4) is 0 Å². The van der Waals surface area contributed by atoms with Gasteiger partial charge < -0.3 is 16.0 Å². The largest absolute Gasteiger partial charge is 0.400 e. The van der Waals surface area contributed by atoms with Gasteiger partial charge >= 0.3 is 0 Å². The Morgan fingerprint density at radius 1 is 1.14 bits per heavy atom. The number of carbonyl (C=O) groups excluding carboxylic acids is 1. The number of nitrogens with one attached hydrogen (secondary N) is 1. The number of halogens is 1. The minimum atomic E-state index is 0.361. The van der Waals surface area contributed by atoms with Gasteiger partial charge in [-0.2, -0.15) is 0 Å². The van der Waals surface area contributed by atoms with Gasteiger partial charge in [-0.1, -0.05) is 18.2 Å². The fourth-order valence-electron chi connectivity index (χ4n) is 2.73. The SMILES string of the molecule is C=CN=C(/C(=C(\C)N)N(C)c1ccc(Cl)cc1)N(C=O)c1ccc(NC)cc1. The molecule has 6 nitrogen and oxygen atoms in total. The summed E-state index contributed by atoms with van der Waals surface area (Å²) in [6.45, 7) is 5.44. The average molecular weight is 398 g/mol. The van der Waals surface area contributed by atoms with E-state index in [0.717, 1.165) is 11.4 Å². The fourth-order valence-corrected chi connectivity index (χ4v) is 2.86. The molecule has 0 bridgehead atoms. The molecule has 0 spiro atoms. The maximum absolute atomic E-state index is 12.0. The molecule has 0 radical (unpaired) electrons. The van der Waals surface area contributed by atoms with Gasteiger partial charge in [0.15, 0.2) is 5.84 Å². The molecule has 0 aliphatic carbocycles. The van der Waals surface area contributed by atoms with Crippen molar-refractivity contribution in [3.8, 4) is 0 Å². The van der Waals surface area contributed by atoms with Crippen molar-refractivity contribution in [3.63, 3.8) is 0 Å². The molecular formula is C21H24ClN5O. The van der Waals surface area contributed by atoms with Crippen LogP contribution in [-0.4, -0.2) is 26.3 Å². The predicted octanol–water partition coefficient (Wildman–Crippen LogP) is 4.21. The lowest BCUT2D eigenvalue weighted by Crippen LogP contribution is -2.38. The lowest BCUT2D eigenvalue weighted by molar-refractivity contribution is -0.106. The summed E-state index contributed by atoms with van der Waals surface area (Å²) in [5, 5.41) is 3.68. The molecule has 0 unspecified atom stereocenters. The minimum absolute atomic E-state index is 0.361. The standard InChI is InChI=1S/C21H24ClN5O/c1-5-25-21(27(14-28)19-12-8-17(24-3)9-13-19)20(15(2)23)26(4)18-10-6-16(22)7-11-18/h5-14,24H,1,23H2,2-4H3/b20-15-,25-21?. The predicted molar refractivity (Wildman–Crippen MR) is 119 cm³/mol. The number of nitrogens with zero attached hydrogens (tertiary/aromatic N) is 3. The van der Waals surface area contributed by atoms with E-state index in [2.05, 4.69) is 16.9 Å². The lowest BCUT2D eigenvalue weighted by atomic mass is 10.2. The Kier molecular flexibility index (Phi) is 7.23. The van der Waals surface area contributed by atoms with E-state index in [4.69, 9.17) is 17.3 Å². The van der Waals surface area contributed by atoms with Gasteiger partial charge in [0.1, 0.15) is 5.70 Å². The molecule has 1 amide bonds. The third kappa shape index (κ3) is 4.72. The average Bonchev–Trinajstić information content (AvgIpc) is 2.69. The molecule has 2 aromatic carbocycles. The van der Waals surface area contributed by atoms with Crippen LogP contribution in [0.15, 0.2) is 77.7 Å². The molecule has 0 heterocycles. The summed E-state index contributed by atoms with van der Waals surface area (Å²) >= 11 is 6.00. The van der Waals surface area contributed by atoms with E-state index in [1.807, 2.05) is 55.4 Å². The van der Waals surface area contributed by atoms with E-state index >= 15 is 0 Å². The highest BCUT2D eigenvalue weighted by atomic mass is 35.5.